The molecule has 6 heteroatoms. The number of hydrogen-bond donors (Lipinski definition) is 2. The van der Waals surface area contributed by atoms with E-state index in [1.165, 1.54) is 6.33 Å². The Labute approximate surface area is 132 Å². The number of rotatable bonds is 7. The molecule has 0 saturated heterocycles. The Balaban J connectivity index is 2.23. The Bertz CT molecular complexity index is 593. The Morgan fingerprint density at radius 2 is 2.10 bits per heavy atom. The number of benzene rings is 1. The molecule has 1 heterocycles. The van der Waals surface area contributed by atoms with E-state index in [-0.39, 0.29) is 6.61 Å². The second-order valence-corrected chi connectivity index (χ2v) is 5.24. The number of para-hydroxylation sites is 1. The zero-order valence-electron chi connectivity index (χ0n) is 11.8. The predicted octanol–water partition coefficient (Wildman–Crippen LogP) is 3.39. The number of anilines is 1. The van der Waals surface area contributed by atoms with Crippen LogP contribution in [0.1, 0.15) is 18.9 Å². The molecule has 1 aromatic carbocycles. The molecule has 0 aliphatic rings. The minimum Gasteiger partial charge on any atom is -0.437 e. The van der Waals surface area contributed by atoms with E-state index in [0.29, 0.717) is 28.3 Å². The van der Waals surface area contributed by atoms with Crippen LogP contribution in [0.5, 0.6) is 11.6 Å². The first-order valence-corrected chi connectivity index (χ1v) is 7.66. The van der Waals surface area contributed by atoms with Gasteiger partial charge in [-0.05, 0) is 40.4 Å². The lowest BCUT2D eigenvalue weighted by molar-refractivity contribution is 0.297. The molecule has 2 aromatic rings. The van der Waals surface area contributed by atoms with Crippen molar-refractivity contribution in [3.63, 3.8) is 0 Å². The summed E-state index contributed by atoms with van der Waals surface area (Å²) in [4.78, 5) is 8.35. The standard InChI is InChI=1S/C15H18BrN3O2/c1-2-8-17-14-13(16)15(19-10-18-14)21-12-6-4-3-5-11(12)7-9-20/h3-6,10,20H,2,7-9H2,1H3,(H,17,18,19). The molecular formula is C15H18BrN3O2. The molecule has 2 N–H and O–H groups in total. The third-order valence-electron chi connectivity index (χ3n) is 2.86. The fourth-order valence-corrected chi connectivity index (χ4v) is 2.25. The number of aliphatic hydroxyl groups excluding tert-OH is 1. The summed E-state index contributed by atoms with van der Waals surface area (Å²) in [6.45, 7) is 3.00. The highest BCUT2D eigenvalue weighted by molar-refractivity contribution is 9.10. The third kappa shape index (κ3) is 4.15. The quantitative estimate of drug-likeness (QED) is 0.800. The van der Waals surface area contributed by atoms with E-state index in [0.717, 1.165) is 18.5 Å². The maximum absolute atomic E-state index is 9.11. The van der Waals surface area contributed by atoms with Crippen molar-refractivity contribution in [3.8, 4) is 11.6 Å². The monoisotopic (exact) mass is 351 g/mol. The minimum absolute atomic E-state index is 0.0780. The van der Waals surface area contributed by atoms with Crippen LogP contribution >= 0.6 is 15.9 Å². The van der Waals surface area contributed by atoms with E-state index in [9.17, 15) is 0 Å². The first kappa shape index (κ1) is 15.7. The maximum Gasteiger partial charge on any atom is 0.238 e. The number of aliphatic hydroxyl groups is 1. The SMILES string of the molecule is CCCNc1ncnc(Oc2ccccc2CCO)c1Br. The van der Waals surface area contributed by atoms with Crippen LogP contribution in [-0.2, 0) is 6.42 Å². The fraction of sp³-hybridized carbons (Fsp3) is 0.333. The van der Waals surface area contributed by atoms with Gasteiger partial charge in [-0.3, -0.25) is 0 Å². The van der Waals surface area contributed by atoms with Gasteiger partial charge in [-0.25, -0.2) is 9.97 Å². The number of nitrogens with one attached hydrogen (secondary N) is 1. The van der Waals surface area contributed by atoms with Crippen molar-refractivity contribution >= 4 is 21.7 Å². The van der Waals surface area contributed by atoms with E-state index in [4.69, 9.17) is 9.84 Å². The lowest BCUT2D eigenvalue weighted by Gasteiger charge is -2.12. The van der Waals surface area contributed by atoms with E-state index in [1.807, 2.05) is 24.3 Å². The van der Waals surface area contributed by atoms with Crippen LogP contribution < -0.4 is 10.1 Å². The van der Waals surface area contributed by atoms with Crippen LogP contribution in [0, 0.1) is 0 Å². The topological polar surface area (TPSA) is 67.3 Å². The van der Waals surface area contributed by atoms with Crippen molar-refractivity contribution in [3.05, 3.63) is 40.6 Å². The average molecular weight is 352 g/mol. The second kappa shape index (κ2) is 7.95. The van der Waals surface area contributed by atoms with Gasteiger partial charge in [0.1, 0.15) is 22.4 Å². The molecule has 1 aromatic heterocycles. The average Bonchev–Trinajstić information content (AvgIpc) is 2.50. The summed E-state index contributed by atoms with van der Waals surface area (Å²) in [5, 5.41) is 12.3. The molecule has 112 valence electrons. The number of halogens is 1. The highest BCUT2D eigenvalue weighted by atomic mass is 79.9. The molecule has 21 heavy (non-hydrogen) atoms. The summed E-state index contributed by atoms with van der Waals surface area (Å²) < 4.78 is 6.56. The fourth-order valence-electron chi connectivity index (χ4n) is 1.83. The Morgan fingerprint density at radius 1 is 1.29 bits per heavy atom. The molecule has 0 spiro atoms. The summed E-state index contributed by atoms with van der Waals surface area (Å²) in [7, 11) is 0. The van der Waals surface area contributed by atoms with Crippen LogP contribution in [0.3, 0.4) is 0 Å². The number of nitrogens with zero attached hydrogens (tertiary/aromatic N) is 2. The van der Waals surface area contributed by atoms with Gasteiger partial charge in [-0.2, -0.15) is 0 Å². The van der Waals surface area contributed by atoms with E-state index >= 15 is 0 Å². The molecule has 0 atom stereocenters. The van der Waals surface area contributed by atoms with Crippen molar-refractivity contribution < 1.29 is 9.84 Å². The Hall–Kier alpha value is -1.66. The molecule has 5 nitrogen and oxygen atoms in total. The zero-order valence-corrected chi connectivity index (χ0v) is 13.4. The predicted molar refractivity (Wildman–Crippen MR) is 85.8 cm³/mol. The summed E-state index contributed by atoms with van der Waals surface area (Å²) in [5.41, 5.74) is 0.938. The maximum atomic E-state index is 9.11. The number of ether oxygens (including phenoxy) is 1. The number of hydrogen-bond acceptors (Lipinski definition) is 5. The Kier molecular flexibility index (Phi) is 5.95. The Morgan fingerprint density at radius 3 is 2.86 bits per heavy atom. The second-order valence-electron chi connectivity index (χ2n) is 4.45. The largest absolute Gasteiger partial charge is 0.437 e. The first-order valence-electron chi connectivity index (χ1n) is 6.87. The van der Waals surface area contributed by atoms with Gasteiger partial charge in [0.2, 0.25) is 5.88 Å². The van der Waals surface area contributed by atoms with Crippen molar-refractivity contribution in [1.29, 1.82) is 0 Å². The molecule has 2 rings (SSSR count). The van der Waals surface area contributed by atoms with Crippen molar-refractivity contribution in [2.45, 2.75) is 19.8 Å². The van der Waals surface area contributed by atoms with Gasteiger partial charge in [0.15, 0.2) is 0 Å². The van der Waals surface area contributed by atoms with Crippen LogP contribution in [-0.4, -0.2) is 28.2 Å². The van der Waals surface area contributed by atoms with E-state index < -0.39 is 0 Å². The lowest BCUT2D eigenvalue weighted by Crippen LogP contribution is -2.04. The first-order chi connectivity index (χ1) is 10.3. The van der Waals surface area contributed by atoms with Crippen LogP contribution in [0.2, 0.25) is 0 Å². The molecule has 0 unspecified atom stereocenters. The zero-order chi connectivity index (χ0) is 15.1. The van der Waals surface area contributed by atoms with Crippen LogP contribution in [0.25, 0.3) is 0 Å². The van der Waals surface area contributed by atoms with Gasteiger partial charge in [-0.15, -0.1) is 0 Å². The smallest absolute Gasteiger partial charge is 0.238 e. The van der Waals surface area contributed by atoms with Crippen molar-refractivity contribution in [2.24, 2.45) is 0 Å². The van der Waals surface area contributed by atoms with Crippen LogP contribution in [0.15, 0.2) is 35.1 Å². The minimum atomic E-state index is 0.0780. The van der Waals surface area contributed by atoms with Gasteiger partial charge in [0.25, 0.3) is 0 Å². The summed E-state index contributed by atoms with van der Waals surface area (Å²) in [6.07, 6.45) is 3.01. The van der Waals surface area contributed by atoms with E-state index in [2.05, 4.69) is 38.1 Å². The van der Waals surface area contributed by atoms with Gasteiger partial charge in [-0.1, -0.05) is 25.1 Å². The summed E-state index contributed by atoms with van der Waals surface area (Å²) in [5.74, 6) is 1.85. The molecule has 0 radical (unpaired) electrons. The van der Waals surface area contributed by atoms with Gasteiger partial charge < -0.3 is 15.2 Å². The molecule has 0 bridgehead atoms. The normalized spacial score (nSPS) is 10.4. The summed E-state index contributed by atoms with van der Waals surface area (Å²) in [6, 6.07) is 7.60. The van der Waals surface area contributed by atoms with Crippen LogP contribution in [0.4, 0.5) is 5.82 Å². The lowest BCUT2D eigenvalue weighted by atomic mass is 10.1. The molecule has 0 aliphatic carbocycles. The molecule has 0 amide bonds. The van der Waals surface area contributed by atoms with Gasteiger partial charge >= 0.3 is 0 Å². The van der Waals surface area contributed by atoms with Crippen molar-refractivity contribution in [1.82, 2.24) is 9.97 Å². The number of aromatic nitrogens is 2. The molecule has 0 fully saturated rings. The highest BCUT2D eigenvalue weighted by Crippen LogP contribution is 2.33. The van der Waals surface area contributed by atoms with E-state index in [1.54, 1.807) is 0 Å². The molecule has 0 saturated carbocycles. The van der Waals surface area contributed by atoms with Crippen molar-refractivity contribution in [2.75, 3.05) is 18.5 Å². The third-order valence-corrected chi connectivity index (χ3v) is 3.58. The van der Waals surface area contributed by atoms with Gasteiger partial charge in [0, 0.05) is 13.2 Å². The molecule has 0 aliphatic heterocycles. The molecular weight excluding hydrogens is 334 g/mol. The van der Waals surface area contributed by atoms with Gasteiger partial charge in [0.05, 0.1) is 0 Å². The highest BCUT2D eigenvalue weighted by Gasteiger charge is 2.12. The summed E-state index contributed by atoms with van der Waals surface area (Å²) >= 11 is 3.47.